The summed E-state index contributed by atoms with van der Waals surface area (Å²) in [6, 6.07) is 11.3. The van der Waals surface area contributed by atoms with Crippen molar-refractivity contribution < 1.29 is 24.9 Å². The van der Waals surface area contributed by atoms with Crippen molar-refractivity contribution in [2.24, 2.45) is 5.41 Å². The van der Waals surface area contributed by atoms with Gasteiger partial charge in [-0.2, -0.15) is 0 Å². The first kappa shape index (κ1) is 18.8. The van der Waals surface area contributed by atoms with Crippen molar-refractivity contribution >= 4 is 22.7 Å². The Hall–Kier alpha value is -2.56. The molecule has 5 heteroatoms. The first-order valence-corrected chi connectivity index (χ1v) is 8.54. The SMILES string of the molecule is CCC(CCC(CC)(C(=O)O)C(=O)O)c1ccc2ccccc2c1O. The zero-order chi connectivity index (χ0) is 18.6. The van der Waals surface area contributed by atoms with Crippen molar-refractivity contribution in [3.63, 3.8) is 0 Å². The van der Waals surface area contributed by atoms with Crippen molar-refractivity contribution in [1.29, 1.82) is 0 Å². The van der Waals surface area contributed by atoms with E-state index in [0.29, 0.717) is 12.8 Å². The summed E-state index contributed by atoms with van der Waals surface area (Å²) in [4.78, 5) is 23.1. The summed E-state index contributed by atoms with van der Waals surface area (Å²) in [7, 11) is 0. The number of phenolic OH excluding ortho intramolecular Hbond substituents is 1. The lowest BCUT2D eigenvalue weighted by Gasteiger charge is -2.26. The maximum atomic E-state index is 11.5. The molecule has 0 aliphatic heterocycles. The van der Waals surface area contributed by atoms with Gasteiger partial charge in [0.25, 0.3) is 0 Å². The Morgan fingerprint density at radius 3 is 2.24 bits per heavy atom. The highest BCUT2D eigenvalue weighted by Crippen LogP contribution is 2.40. The third-order valence-electron chi connectivity index (χ3n) is 5.21. The Bertz CT molecular complexity index is 767. The molecular weight excluding hydrogens is 320 g/mol. The molecular formula is C20H24O5. The molecule has 1 unspecified atom stereocenters. The van der Waals surface area contributed by atoms with E-state index in [1.54, 1.807) is 6.92 Å². The summed E-state index contributed by atoms with van der Waals surface area (Å²) >= 11 is 0. The minimum atomic E-state index is -1.78. The molecule has 0 bridgehead atoms. The number of rotatable bonds is 8. The van der Waals surface area contributed by atoms with Crippen LogP contribution in [0.4, 0.5) is 0 Å². The average molecular weight is 344 g/mol. The smallest absolute Gasteiger partial charge is 0.321 e. The highest BCUT2D eigenvalue weighted by atomic mass is 16.4. The van der Waals surface area contributed by atoms with Gasteiger partial charge in [-0.1, -0.05) is 50.2 Å². The van der Waals surface area contributed by atoms with Gasteiger partial charge in [0.15, 0.2) is 5.41 Å². The number of phenols is 1. The maximum absolute atomic E-state index is 11.5. The third-order valence-corrected chi connectivity index (χ3v) is 5.21. The van der Waals surface area contributed by atoms with E-state index in [2.05, 4.69) is 0 Å². The van der Waals surface area contributed by atoms with Crippen molar-refractivity contribution in [3.8, 4) is 5.75 Å². The lowest BCUT2D eigenvalue weighted by atomic mass is 9.77. The van der Waals surface area contributed by atoms with E-state index in [1.165, 1.54) is 0 Å². The van der Waals surface area contributed by atoms with Gasteiger partial charge in [0.2, 0.25) is 0 Å². The molecule has 0 aromatic heterocycles. The number of carbonyl (C=O) groups is 2. The number of hydrogen-bond donors (Lipinski definition) is 3. The fourth-order valence-corrected chi connectivity index (χ4v) is 3.39. The van der Waals surface area contributed by atoms with Gasteiger partial charge in [0.1, 0.15) is 5.75 Å². The van der Waals surface area contributed by atoms with E-state index in [1.807, 2.05) is 43.3 Å². The summed E-state index contributed by atoms with van der Waals surface area (Å²) < 4.78 is 0. The van der Waals surface area contributed by atoms with Crippen LogP contribution in [0.2, 0.25) is 0 Å². The van der Waals surface area contributed by atoms with E-state index < -0.39 is 17.4 Å². The van der Waals surface area contributed by atoms with Crippen LogP contribution in [0.5, 0.6) is 5.75 Å². The standard InChI is InChI=1S/C20H24O5/c1-3-13(11-12-20(4-2,18(22)23)19(24)25)16-10-9-14-7-5-6-8-15(14)17(16)21/h5-10,13,21H,3-4,11-12H2,1-2H3,(H,22,23)(H,24,25). The highest BCUT2D eigenvalue weighted by Gasteiger charge is 2.44. The molecule has 0 aliphatic rings. The van der Waals surface area contributed by atoms with E-state index in [4.69, 9.17) is 0 Å². The van der Waals surface area contributed by atoms with Gasteiger partial charge in [-0.15, -0.1) is 0 Å². The zero-order valence-electron chi connectivity index (χ0n) is 14.5. The van der Waals surface area contributed by atoms with Crippen LogP contribution in [0.25, 0.3) is 10.8 Å². The van der Waals surface area contributed by atoms with Crippen molar-refractivity contribution in [1.82, 2.24) is 0 Å². The van der Waals surface area contributed by atoms with Crippen molar-refractivity contribution in [2.45, 2.75) is 45.4 Å². The highest BCUT2D eigenvalue weighted by molar-refractivity contribution is 5.98. The number of carboxylic acids is 2. The maximum Gasteiger partial charge on any atom is 0.321 e. The topological polar surface area (TPSA) is 94.8 Å². The predicted octanol–water partition coefficient (Wildman–Crippen LogP) is 4.38. The van der Waals surface area contributed by atoms with Crippen LogP contribution in [0.3, 0.4) is 0 Å². The lowest BCUT2D eigenvalue weighted by molar-refractivity contribution is -0.165. The molecule has 0 spiro atoms. The Morgan fingerprint density at radius 2 is 1.68 bits per heavy atom. The second-order valence-corrected chi connectivity index (χ2v) is 6.41. The van der Waals surface area contributed by atoms with Gasteiger partial charge in [0, 0.05) is 5.39 Å². The summed E-state index contributed by atoms with van der Waals surface area (Å²) in [6.07, 6.45) is 1.12. The quantitative estimate of drug-likeness (QED) is 0.618. The number of carboxylic acid groups (broad SMARTS) is 2. The van der Waals surface area contributed by atoms with E-state index in [0.717, 1.165) is 16.3 Å². The molecule has 2 aromatic carbocycles. The molecule has 0 heterocycles. The first-order chi connectivity index (χ1) is 11.9. The van der Waals surface area contributed by atoms with Crippen LogP contribution < -0.4 is 0 Å². The van der Waals surface area contributed by atoms with Gasteiger partial charge in [-0.3, -0.25) is 9.59 Å². The minimum Gasteiger partial charge on any atom is -0.507 e. The molecule has 1 atom stereocenters. The van der Waals surface area contributed by atoms with Crippen molar-refractivity contribution in [2.75, 3.05) is 0 Å². The van der Waals surface area contributed by atoms with Crippen LogP contribution in [-0.2, 0) is 9.59 Å². The van der Waals surface area contributed by atoms with Crippen LogP contribution in [0, 0.1) is 5.41 Å². The minimum absolute atomic E-state index is 0.0256. The van der Waals surface area contributed by atoms with Gasteiger partial charge >= 0.3 is 11.9 Å². The largest absolute Gasteiger partial charge is 0.507 e. The van der Waals surface area contributed by atoms with Crippen LogP contribution >= 0.6 is 0 Å². The molecule has 0 saturated heterocycles. The Balaban J connectivity index is 2.33. The summed E-state index contributed by atoms with van der Waals surface area (Å²) in [6.45, 7) is 3.53. The monoisotopic (exact) mass is 344 g/mol. The van der Waals surface area contributed by atoms with E-state index in [-0.39, 0.29) is 24.5 Å². The Kier molecular flexibility index (Phi) is 5.67. The summed E-state index contributed by atoms with van der Waals surface area (Å²) in [5.41, 5.74) is -1.04. The number of aromatic hydroxyl groups is 1. The Labute approximate surface area is 146 Å². The second-order valence-electron chi connectivity index (χ2n) is 6.41. The summed E-state index contributed by atoms with van der Waals surface area (Å²) in [5, 5.41) is 31.1. The molecule has 0 amide bonds. The molecule has 3 N–H and O–H groups in total. The number of aliphatic carboxylic acids is 2. The first-order valence-electron chi connectivity index (χ1n) is 8.54. The molecule has 2 rings (SSSR count). The number of hydrogen-bond acceptors (Lipinski definition) is 3. The van der Waals surface area contributed by atoms with E-state index in [9.17, 15) is 24.9 Å². The van der Waals surface area contributed by atoms with Crippen LogP contribution in [-0.4, -0.2) is 27.3 Å². The fourth-order valence-electron chi connectivity index (χ4n) is 3.39. The summed E-state index contributed by atoms with van der Waals surface area (Å²) in [5.74, 6) is -2.52. The van der Waals surface area contributed by atoms with Gasteiger partial charge in [0.05, 0.1) is 0 Å². The van der Waals surface area contributed by atoms with Gasteiger partial charge in [-0.25, -0.2) is 0 Å². The molecule has 25 heavy (non-hydrogen) atoms. The van der Waals surface area contributed by atoms with E-state index >= 15 is 0 Å². The number of fused-ring (bicyclic) bond motifs is 1. The van der Waals surface area contributed by atoms with Crippen LogP contribution in [0.15, 0.2) is 36.4 Å². The molecule has 5 nitrogen and oxygen atoms in total. The second kappa shape index (κ2) is 7.55. The molecule has 0 aliphatic carbocycles. The normalized spacial score (nSPS) is 12.9. The van der Waals surface area contributed by atoms with Gasteiger partial charge in [-0.05, 0) is 42.6 Å². The molecule has 0 fully saturated rings. The fraction of sp³-hybridized carbons (Fsp3) is 0.400. The lowest BCUT2D eigenvalue weighted by Crippen LogP contribution is -2.39. The van der Waals surface area contributed by atoms with Gasteiger partial charge < -0.3 is 15.3 Å². The van der Waals surface area contributed by atoms with Crippen LogP contribution in [0.1, 0.15) is 51.0 Å². The average Bonchev–Trinajstić information content (AvgIpc) is 2.60. The molecule has 2 aromatic rings. The zero-order valence-corrected chi connectivity index (χ0v) is 14.5. The third kappa shape index (κ3) is 3.45. The molecule has 0 radical (unpaired) electrons. The molecule has 0 saturated carbocycles. The van der Waals surface area contributed by atoms with Crippen molar-refractivity contribution in [3.05, 3.63) is 42.0 Å². The Morgan fingerprint density at radius 1 is 1.04 bits per heavy atom. The molecule has 134 valence electrons. The predicted molar refractivity (Wildman–Crippen MR) is 95.9 cm³/mol. The number of benzene rings is 2.